The molecule has 0 amide bonds. The van der Waals surface area contributed by atoms with Crippen LogP contribution in [0.3, 0.4) is 0 Å². The van der Waals surface area contributed by atoms with Crippen molar-refractivity contribution in [3.63, 3.8) is 0 Å². The summed E-state index contributed by atoms with van der Waals surface area (Å²) in [6.07, 6.45) is 0.594. The first kappa shape index (κ1) is 10.3. The number of benzene rings is 1. The van der Waals surface area contributed by atoms with Crippen LogP contribution in [0.4, 0.5) is 0 Å². The second-order valence-corrected chi connectivity index (χ2v) is 3.62. The molecule has 1 rings (SSSR count). The molecule has 2 unspecified atom stereocenters. The number of aliphatic hydroxyl groups is 1. The molecular weight excluding hydrogens is 160 g/mol. The highest BCUT2D eigenvalue weighted by Crippen LogP contribution is 2.23. The normalized spacial score (nSPS) is 15.4. The van der Waals surface area contributed by atoms with Gasteiger partial charge in [-0.2, -0.15) is 0 Å². The Morgan fingerprint density at radius 3 is 2.46 bits per heavy atom. The van der Waals surface area contributed by atoms with E-state index < -0.39 is 0 Å². The Morgan fingerprint density at radius 1 is 1.31 bits per heavy atom. The van der Waals surface area contributed by atoms with E-state index >= 15 is 0 Å². The van der Waals surface area contributed by atoms with Gasteiger partial charge < -0.3 is 5.11 Å². The van der Waals surface area contributed by atoms with Gasteiger partial charge in [-0.3, -0.25) is 0 Å². The highest BCUT2D eigenvalue weighted by molar-refractivity contribution is 5.29. The van der Waals surface area contributed by atoms with Gasteiger partial charge in [-0.25, -0.2) is 0 Å². The van der Waals surface area contributed by atoms with Gasteiger partial charge >= 0.3 is 0 Å². The first-order valence-corrected chi connectivity index (χ1v) is 4.90. The molecule has 1 N–H and O–H groups in total. The molecule has 1 aromatic carbocycles. The zero-order chi connectivity index (χ0) is 9.84. The molecular formula is C12H18O. The SMILES string of the molecule is CCC(O)C(C)c1ccccc1C. The van der Waals surface area contributed by atoms with E-state index in [1.54, 1.807) is 0 Å². The van der Waals surface area contributed by atoms with Gasteiger partial charge in [0.25, 0.3) is 0 Å². The largest absolute Gasteiger partial charge is 0.393 e. The molecule has 0 radical (unpaired) electrons. The van der Waals surface area contributed by atoms with Crippen LogP contribution in [0.5, 0.6) is 0 Å². The van der Waals surface area contributed by atoms with Gasteiger partial charge in [0.2, 0.25) is 0 Å². The van der Waals surface area contributed by atoms with Crippen LogP contribution in [-0.2, 0) is 0 Å². The smallest absolute Gasteiger partial charge is 0.0603 e. The van der Waals surface area contributed by atoms with E-state index in [-0.39, 0.29) is 12.0 Å². The minimum atomic E-state index is -0.221. The molecule has 1 nitrogen and oxygen atoms in total. The third kappa shape index (κ3) is 2.31. The van der Waals surface area contributed by atoms with Crippen molar-refractivity contribution >= 4 is 0 Å². The van der Waals surface area contributed by atoms with Crippen molar-refractivity contribution in [3.8, 4) is 0 Å². The van der Waals surface area contributed by atoms with Crippen molar-refractivity contribution in [1.82, 2.24) is 0 Å². The summed E-state index contributed by atoms with van der Waals surface area (Å²) in [7, 11) is 0. The molecule has 0 saturated heterocycles. The number of aryl methyl sites for hydroxylation is 1. The second-order valence-electron chi connectivity index (χ2n) is 3.62. The van der Waals surface area contributed by atoms with Gasteiger partial charge in [0.15, 0.2) is 0 Å². The van der Waals surface area contributed by atoms with E-state index in [9.17, 15) is 5.11 Å². The molecule has 72 valence electrons. The van der Waals surface area contributed by atoms with E-state index in [2.05, 4.69) is 26.0 Å². The van der Waals surface area contributed by atoms with Crippen LogP contribution in [0, 0.1) is 6.92 Å². The van der Waals surface area contributed by atoms with Crippen molar-refractivity contribution in [1.29, 1.82) is 0 Å². The van der Waals surface area contributed by atoms with E-state index in [0.29, 0.717) is 0 Å². The predicted molar refractivity (Wildman–Crippen MR) is 55.9 cm³/mol. The molecule has 13 heavy (non-hydrogen) atoms. The fraction of sp³-hybridized carbons (Fsp3) is 0.500. The van der Waals surface area contributed by atoms with Crippen LogP contribution in [0.25, 0.3) is 0 Å². The summed E-state index contributed by atoms with van der Waals surface area (Å²) in [6, 6.07) is 8.25. The zero-order valence-corrected chi connectivity index (χ0v) is 8.62. The summed E-state index contributed by atoms with van der Waals surface area (Å²) in [4.78, 5) is 0. The summed E-state index contributed by atoms with van der Waals surface area (Å²) in [5.41, 5.74) is 2.53. The fourth-order valence-corrected chi connectivity index (χ4v) is 1.66. The Labute approximate surface area is 80.4 Å². The molecule has 0 aliphatic carbocycles. The Hall–Kier alpha value is -0.820. The van der Waals surface area contributed by atoms with Crippen molar-refractivity contribution < 1.29 is 5.11 Å². The fourth-order valence-electron chi connectivity index (χ4n) is 1.66. The quantitative estimate of drug-likeness (QED) is 0.754. The minimum absolute atomic E-state index is 0.221. The predicted octanol–water partition coefficient (Wildman–Crippen LogP) is 2.87. The molecule has 0 aliphatic rings. The Kier molecular flexibility index (Phi) is 3.49. The van der Waals surface area contributed by atoms with Gasteiger partial charge in [0.05, 0.1) is 6.10 Å². The second kappa shape index (κ2) is 4.43. The van der Waals surface area contributed by atoms with Crippen LogP contribution in [0.1, 0.15) is 37.3 Å². The molecule has 0 spiro atoms. The van der Waals surface area contributed by atoms with E-state index in [0.717, 1.165) is 6.42 Å². The maximum absolute atomic E-state index is 9.70. The molecule has 0 saturated carbocycles. The first-order chi connectivity index (χ1) is 6.16. The van der Waals surface area contributed by atoms with Crippen molar-refractivity contribution in [2.45, 2.75) is 39.2 Å². The summed E-state index contributed by atoms with van der Waals surface area (Å²) in [6.45, 7) is 6.18. The summed E-state index contributed by atoms with van der Waals surface area (Å²) in [5, 5.41) is 9.70. The molecule has 2 atom stereocenters. The van der Waals surface area contributed by atoms with Crippen molar-refractivity contribution in [2.24, 2.45) is 0 Å². The van der Waals surface area contributed by atoms with E-state index in [1.165, 1.54) is 11.1 Å². The standard InChI is InChI=1S/C12H18O/c1-4-12(13)10(3)11-8-6-5-7-9(11)2/h5-8,10,12-13H,4H2,1-3H3. The lowest BCUT2D eigenvalue weighted by atomic mass is 9.91. The van der Waals surface area contributed by atoms with Crippen LogP contribution in [0.15, 0.2) is 24.3 Å². The van der Waals surface area contributed by atoms with Gasteiger partial charge in [0, 0.05) is 5.92 Å². The van der Waals surface area contributed by atoms with E-state index in [4.69, 9.17) is 0 Å². The highest BCUT2D eigenvalue weighted by atomic mass is 16.3. The molecule has 0 aliphatic heterocycles. The Bertz CT molecular complexity index is 268. The average Bonchev–Trinajstić information content (AvgIpc) is 2.16. The molecule has 1 aromatic rings. The maximum Gasteiger partial charge on any atom is 0.0603 e. The lowest BCUT2D eigenvalue weighted by Gasteiger charge is -2.19. The molecule has 0 aromatic heterocycles. The number of hydrogen-bond acceptors (Lipinski definition) is 1. The van der Waals surface area contributed by atoms with Gasteiger partial charge in [-0.05, 0) is 24.5 Å². The maximum atomic E-state index is 9.70. The first-order valence-electron chi connectivity index (χ1n) is 4.90. The molecule has 0 bridgehead atoms. The minimum Gasteiger partial charge on any atom is -0.393 e. The van der Waals surface area contributed by atoms with E-state index in [1.807, 2.05) is 19.1 Å². The van der Waals surface area contributed by atoms with Crippen LogP contribution in [-0.4, -0.2) is 11.2 Å². The van der Waals surface area contributed by atoms with Crippen LogP contribution < -0.4 is 0 Å². The third-order valence-corrected chi connectivity index (χ3v) is 2.67. The van der Waals surface area contributed by atoms with Gasteiger partial charge in [-0.1, -0.05) is 38.1 Å². The lowest BCUT2D eigenvalue weighted by Crippen LogP contribution is -2.15. The zero-order valence-electron chi connectivity index (χ0n) is 8.62. The molecule has 0 heterocycles. The number of hydrogen-bond donors (Lipinski definition) is 1. The molecule has 0 fully saturated rings. The summed E-state index contributed by atoms with van der Waals surface area (Å²) >= 11 is 0. The number of aliphatic hydroxyl groups excluding tert-OH is 1. The highest BCUT2D eigenvalue weighted by Gasteiger charge is 2.15. The monoisotopic (exact) mass is 178 g/mol. The Balaban J connectivity index is 2.88. The third-order valence-electron chi connectivity index (χ3n) is 2.67. The lowest BCUT2D eigenvalue weighted by molar-refractivity contribution is 0.145. The number of rotatable bonds is 3. The van der Waals surface area contributed by atoms with Crippen molar-refractivity contribution in [3.05, 3.63) is 35.4 Å². The average molecular weight is 178 g/mol. The summed E-state index contributed by atoms with van der Waals surface area (Å²) in [5.74, 6) is 0.242. The van der Waals surface area contributed by atoms with Crippen molar-refractivity contribution in [2.75, 3.05) is 0 Å². The topological polar surface area (TPSA) is 20.2 Å². The van der Waals surface area contributed by atoms with Crippen LogP contribution in [0.2, 0.25) is 0 Å². The summed E-state index contributed by atoms with van der Waals surface area (Å²) < 4.78 is 0. The van der Waals surface area contributed by atoms with Crippen LogP contribution >= 0.6 is 0 Å². The molecule has 1 heteroatoms. The van der Waals surface area contributed by atoms with Gasteiger partial charge in [0.1, 0.15) is 0 Å². The Morgan fingerprint density at radius 2 is 1.92 bits per heavy atom. The van der Waals surface area contributed by atoms with Gasteiger partial charge in [-0.15, -0.1) is 0 Å².